The minimum Gasteiger partial charge on any atom is -0.487 e. The number of aromatic nitrogens is 1. The molecule has 2 N–H and O–H groups in total. The highest BCUT2D eigenvalue weighted by Gasteiger charge is 2.06. The number of hydrogen-bond donors (Lipinski definition) is 1. The Hall–Kier alpha value is -2.26. The van der Waals surface area contributed by atoms with E-state index in [1.54, 1.807) is 6.07 Å². The number of ether oxygens (including phenoxy) is 1. The number of nitrogens with two attached hydrogens (primary N) is 1. The van der Waals surface area contributed by atoms with E-state index in [0.29, 0.717) is 23.2 Å². The van der Waals surface area contributed by atoms with E-state index in [1.165, 1.54) is 0 Å². The van der Waals surface area contributed by atoms with Gasteiger partial charge in [0, 0.05) is 10.9 Å². The van der Waals surface area contributed by atoms with Crippen molar-refractivity contribution in [3.63, 3.8) is 0 Å². The standard InChI is InChI=1S/C16H13ClN2O/c17-13-6-2-4-8-15(13)20-10-12-9-11-5-1-3-7-14(11)19-16(12)18/h1-9H,10H2,(H2,18,19). The summed E-state index contributed by atoms with van der Waals surface area (Å²) in [4.78, 5) is 4.38. The summed E-state index contributed by atoms with van der Waals surface area (Å²) in [5.41, 5.74) is 7.70. The first-order valence-corrected chi connectivity index (χ1v) is 6.63. The van der Waals surface area contributed by atoms with Crippen LogP contribution in [0.15, 0.2) is 54.6 Å². The fraction of sp³-hybridized carbons (Fsp3) is 0.0625. The highest BCUT2D eigenvalue weighted by atomic mass is 35.5. The predicted molar refractivity (Wildman–Crippen MR) is 81.9 cm³/mol. The molecule has 0 unspecified atom stereocenters. The van der Waals surface area contributed by atoms with Gasteiger partial charge < -0.3 is 10.5 Å². The van der Waals surface area contributed by atoms with Crippen LogP contribution in [0.1, 0.15) is 5.56 Å². The number of para-hydroxylation sites is 2. The monoisotopic (exact) mass is 284 g/mol. The van der Waals surface area contributed by atoms with Gasteiger partial charge in [0.05, 0.1) is 10.5 Å². The molecule has 0 amide bonds. The Balaban J connectivity index is 1.87. The lowest BCUT2D eigenvalue weighted by Crippen LogP contribution is -2.03. The smallest absolute Gasteiger partial charge is 0.138 e. The molecular weight excluding hydrogens is 272 g/mol. The minimum atomic E-state index is 0.341. The molecular formula is C16H13ClN2O. The quantitative estimate of drug-likeness (QED) is 0.789. The van der Waals surface area contributed by atoms with Crippen LogP contribution in [-0.4, -0.2) is 4.98 Å². The Bertz CT molecular complexity index is 758. The zero-order valence-electron chi connectivity index (χ0n) is 10.7. The number of nitrogens with zero attached hydrogens (tertiary/aromatic N) is 1. The predicted octanol–water partition coefficient (Wildman–Crippen LogP) is 4.05. The van der Waals surface area contributed by atoms with Gasteiger partial charge in [-0.25, -0.2) is 4.98 Å². The van der Waals surface area contributed by atoms with E-state index in [9.17, 15) is 0 Å². The molecule has 0 saturated heterocycles. The number of nitrogen functional groups attached to an aromatic ring is 1. The normalized spacial score (nSPS) is 10.7. The lowest BCUT2D eigenvalue weighted by molar-refractivity contribution is 0.307. The van der Waals surface area contributed by atoms with E-state index in [1.807, 2.05) is 48.5 Å². The third-order valence-electron chi connectivity index (χ3n) is 3.06. The van der Waals surface area contributed by atoms with Gasteiger partial charge in [-0.15, -0.1) is 0 Å². The van der Waals surface area contributed by atoms with Crippen LogP contribution < -0.4 is 10.5 Å². The van der Waals surface area contributed by atoms with E-state index in [-0.39, 0.29) is 0 Å². The van der Waals surface area contributed by atoms with Crippen molar-refractivity contribution in [3.05, 3.63) is 65.2 Å². The number of fused-ring (bicyclic) bond motifs is 1. The van der Waals surface area contributed by atoms with Crippen LogP contribution >= 0.6 is 11.6 Å². The summed E-state index contributed by atoms with van der Waals surface area (Å²) in [6.07, 6.45) is 0. The SMILES string of the molecule is Nc1nc2ccccc2cc1COc1ccccc1Cl. The third-order valence-corrected chi connectivity index (χ3v) is 3.37. The Morgan fingerprint density at radius 1 is 1.05 bits per heavy atom. The highest BCUT2D eigenvalue weighted by molar-refractivity contribution is 6.32. The third kappa shape index (κ3) is 2.53. The number of hydrogen-bond acceptors (Lipinski definition) is 3. The zero-order chi connectivity index (χ0) is 13.9. The van der Waals surface area contributed by atoms with Crippen LogP contribution in [0.3, 0.4) is 0 Å². The van der Waals surface area contributed by atoms with Crippen molar-refractivity contribution >= 4 is 28.3 Å². The molecule has 100 valence electrons. The van der Waals surface area contributed by atoms with Crippen molar-refractivity contribution in [1.82, 2.24) is 4.98 Å². The van der Waals surface area contributed by atoms with Gasteiger partial charge in [-0.05, 0) is 24.3 Å². The van der Waals surface area contributed by atoms with Crippen LogP contribution in [0.25, 0.3) is 10.9 Å². The van der Waals surface area contributed by atoms with Gasteiger partial charge in [-0.2, -0.15) is 0 Å². The number of rotatable bonds is 3. The maximum atomic E-state index is 6.05. The number of benzene rings is 2. The zero-order valence-corrected chi connectivity index (χ0v) is 11.5. The molecule has 0 fully saturated rings. The minimum absolute atomic E-state index is 0.341. The van der Waals surface area contributed by atoms with E-state index in [4.69, 9.17) is 22.1 Å². The summed E-state index contributed by atoms with van der Waals surface area (Å²) in [6, 6.07) is 17.2. The van der Waals surface area contributed by atoms with E-state index < -0.39 is 0 Å². The molecule has 3 rings (SSSR count). The maximum Gasteiger partial charge on any atom is 0.138 e. The van der Waals surface area contributed by atoms with Crippen LogP contribution in [0.5, 0.6) is 5.75 Å². The molecule has 0 aliphatic heterocycles. The summed E-state index contributed by atoms with van der Waals surface area (Å²) in [5.74, 6) is 1.12. The molecule has 3 aromatic rings. The van der Waals surface area contributed by atoms with E-state index in [2.05, 4.69) is 4.98 Å². The Morgan fingerprint density at radius 2 is 1.80 bits per heavy atom. The topological polar surface area (TPSA) is 48.1 Å². The molecule has 1 aromatic heterocycles. The van der Waals surface area contributed by atoms with Crippen molar-refractivity contribution in [2.75, 3.05) is 5.73 Å². The van der Waals surface area contributed by atoms with Crippen molar-refractivity contribution < 1.29 is 4.74 Å². The molecule has 3 nitrogen and oxygen atoms in total. The number of anilines is 1. The Kier molecular flexibility index (Phi) is 3.44. The molecule has 2 aromatic carbocycles. The molecule has 0 aliphatic rings. The number of pyridine rings is 1. The van der Waals surface area contributed by atoms with E-state index >= 15 is 0 Å². The summed E-state index contributed by atoms with van der Waals surface area (Å²) in [6.45, 7) is 0.341. The second-order valence-corrected chi connectivity index (χ2v) is 4.85. The van der Waals surface area contributed by atoms with Gasteiger partial charge in [0.25, 0.3) is 0 Å². The molecule has 0 bridgehead atoms. The van der Waals surface area contributed by atoms with Crippen molar-refractivity contribution in [3.8, 4) is 5.75 Å². The summed E-state index contributed by atoms with van der Waals surface area (Å²) in [7, 11) is 0. The lowest BCUT2D eigenvalue weighted by atomic mass is 10.1. The largest absolute Gasteiger partial charge is 0.487 e. The summed E-state index contributed by atoms with van der Waals surface area (Å²) < 4.78 is 5.70. The second kappa shape index (κ2) is 5.39. The molecule has 0 saturated carbocycles. The highest BCUT2D eigenvalue weighted by Crippen LogP contribution is 2.25. The van der Waals surface area contributed by atoms with Gasteiger partial charge in [-0.3, -0.25) is 0 Å². The van der Waals surface area contributed by atoms with E-state index in [0.717, 1.165) is 16.5 Å². The van der Waals surface area contributed by atoms with Crippen LogP contribution in [0.4, 0.5) is 5.82 Å². The lowest BCUT2D eigenvalue weighted by Gasteiger charge is -2.10. The van der Waals surface area contributed by atoms with Crippen molar-refractivity contribution in [2.24, 2.45) is 0 Å². The molecule has 20 heavy (non-hydrogen) atoms. The maximum absolute atomic E-state index is 6.05. The molecule has 1 heterocycles. The van der Waals surface area contributed by atoms with Gasteiger partial charge in [0.2, 0.25) is 0 Å². The first-order chi connectivity index (χ1) is 9.74. The van der Waals surface area contributed by atoms with Gasteiger partial charge in [0.15, 0.2) is 0 Å². The van der Waals surface area contributed by atoms with Gasteiger partial charge in [0.1, 0.15) is 18.2 Å². The van der Waals surface area contributed by atoms with Crippen LogP contribution in [-0.2, 0) is 6.61 Å². The molecule has 0 atom stereocenters. The van der Waals surface area contributed by atoms with Crippen molar-refractivity contribution in [1.29, 1.82) is 0 Å². The number of halogens is 1. The molecule has 4 heteroatoms. The van der Waals surface area contributed by atoms with Gasteiger partial charge in [-0.1, -0.05) is 41.9 Å². The molecule has 0 aliphatic carbocycles. The Labute approximate surface area is 122 Å². The fourth-order valence-corrected chi connectivity index (χ4v) is 2.20. The molecule has 0 spiro atoms. The average Bonchev–Trinajstić information content (AvgIpc) is 2.46. The Morgan fingerprint density at radius 3 is 2.65 bits per heavy atom. The second-order valence-electron chi connectivity index (χ2n) is 4.44. The summed E-state index contributed by atoms with van der Waals surface area (Å²) in [5, 5.41) is 1.62. The van der Waals surface area contributed by atoms with Crippen molar-refractivity contribution in [2.45, 2.75) is 6.61 Å². The average molecular weight is 285 g/mol. The first kappa shape index (κ1) is 12.8. The fourth-order valence-electron chi connectivity index (χ4n) is 2.01. The van der Waals surface area contributed by atoms with Gasteiger partial charge >= 0.3 is 0 Å². The van der Waals surface area contributed by atoms with Crippen LogP contribution in [0, 0.1) is 0 Å². The summed E-state index contributed by atoms with van der Waals surface area (Å²) >= 11 is 6.05. The van der Waals surface area contributed by atoms with Crippen LogP contribution in [0.2, 0.25) is 5.02 Å². The molecule has 0 radical (unpaired) electrons. The first-order valence-electron chi connectivity index (χ1n) is 6.25.